The van der Waals surface area contributed by atoms with E-state index in [1.807, 2.05) is 0 Å². The summed E-state index contributed by atoms with van der Waals surface area (Å²) in [4.78, 5) is 22.2. The molecule has 16 heavy (non-hydrogen) atoms. The van der Waals surface area contributed by atoms with E-state index >= 15 is 0 Å². The van der Waals surface area contributed by atoms with Crippen molar-refractivity contribution in [3.63, 3.8) is 0 Å². The summed E-state index contributed by atoms with van der Waals surface area (Å²) in [6, 6.07) is 5.66. The number of hydrogen-bond donors (Lipinski definition) is 2. The number of carbonyl (C=O) groups excluding carboxylic acids is 1. The van der Waals surface area contributed by atoms with E-state index < -0.39 is 5.97 Å². The molecule has 0 aromatic heterocycles. The monoisotopic (exact) mass is 219 g/mol. The quantitative estimate of drug-likeness (QED) is 0.775. The Labute approximate surface area is 91.2 Å². The van der Waals surface area contributed by atoms with Gasteiger partial charge in [-0.15, -0.1) is 0 Å². The molecule has 2 amide bonds. The Bertz CT molecular complexity index is 470. The highest BCUT2D eigenvalue weighted by Gasteiger charge is 2.17. The second kappa shape index (κ2) is 4.01. The number of hydrogen-bond acceptors (Lipinski definition) is 3. The van der Waals surface area contributed by atoms with Crippen molar-refractivity contribution >= 4 is 23.9 Å². The SMILES string of the molecule is O=C(O)c1cccc(N2N=CCNC2=O)c1. The zero-order valence-electron chi connectivity index (χ0n) is 8.25. The van der Waals surface area contributed by atoms with Crippen LogP contribution in [0.4, 0.5) is 10.5 Å². The van der Waals surface area contributed by atoms with Gasteiger partial charge in [0.1, 0.15) is 0 Å². The molecule has 1 aromatic carbocycles. The largest absolute Gasteiger partial charge is 0.478 e. The van der Waals surface area contributed by atoms with Crippen LogP contribution in [-0.2, 0) is 0 Å². The lowest BCUT2D eigenvalue weighted by Crippen LogP contribution is -2.41. The number of hydrazone groups is 1. The number of rotatable bonds is 2. The molecular formula is C10H9N3O3. The van der Waals surface area contributed by atoms with Gasteiger partial charge in [0.05, 0.1) is 17.8 Å². The van der Waals surface area contributed by atoms with Gasteiger partial charge in [-0.1, -0.05) is 6.07 Å². The van der Waals surface area contributed by atoms with E-state index in [-0.39, 0.29) is 11.6 Å². The number of amides is 2. The number of nitrogens with zero attached hydrogens (tertiary/aromatic N) is 2. The predicted molar refractivity (Wildman–Crippen MR) is 57.8 cm³/mol. The topological polar surface area (TPSA) is 82.0 Å². The number of carboxylic acids is 1. The molecule has 0 fully saturated rings. The van der Waals surface area contributed by atoms with Crippen LogP contribution in [0.15, 0.2) is 29.4 Å². The number of aromatic carboxylic acids is 1. The zero-order valence-corrected chi connectivity index (χ0v) is 8.25. The van der Waals surface area contributed by atoms with Crippen LogP contribution in [0.2, 0.25) is 0 Å². The van der Waals surface area contributed by atoms with Gasteiger partial charge in [-0.05, 0) is 18.2 Å². The normalized spacial score (nSPS) is 14.8. The molecule has 0 spiro atoms. The summed E-state index contributed by atoms with van der Waals surface area (Å²) in [7, 11) is 0. The Hall–Kier alpha value is -2.37. The molecule has 0 saturated carbocycles. The van der Waals surface area contributed by atoms with Gasteiger partial charge >= 0.3 is 12.0 Å². The fourth-order valence-corrected chi connectivity index (χ4v) is 1.34. The number of carbonyl (C=O) groups is 2. The molecule has 6 heteroatoms. The third kappa shape index (κ3) is 1.85. The van der Waals surface area contributed by atoms with Gasteiger partial charge in [0.15, 0.2) is 0 Å². The molecule has 2 rings (SSSR count). The van der Waals surface area contributed by atoms with Crippen molar-refractivity contribution < 1.29 is 14.7 Å². The first-order chi connectivity index (χ1) is 7.68. The van der Waals surface area contributed by atoms with Crippen molar-refractivity contribution in [1.82, 2.24) is 5.32 Å². The molecule has 1 aliphatic heterocycles. The number of benzene rings is 1. The van der Waals surface area contributed by atoms with E-state index in [0.717, 1.165) is 5.01 Å². The highest BCUT2D eigenvalue weighted by Crippen LogP contribution is 2.17. The maximum absolute atomic E-state index is 11.4. The molecule has 0 aliphatic carbocycles. The Balaban J connectivity index is 2.36. The molecule has 0 saturated heterocycles. The van der Waals surface area contributed by atoms with E-state index in [0.29, 0.717) is 12.2 Å². The third-order valence-electron chi connectivity index (χ3n) is 2.07. The fraction of sp³-hybridized carbons (Fsp3) is 0.100. The Morgan fingerprint density at radius 2 is 2.31 bits per heavy atom. The molecule has 0 unspecified atom stereocenters. The minimum atomic E-state index is -1.04. The average Bonchev–Trinajstić information content (AvgIpc) is 2.30. The highest BCUT2D eigenvalue weighted by atomic mass is 16.4. The first-order valence-corrected chi connectivity index (χ1v) is 4.62. The van der Waals surface area contributed by atoms with Crippen molar-refractivity contribution in [2.24, 2.45) is 5.10 Å². The van der Waals surface area contributed by atoms with E-state index in [9.17, 15) is 9.59 Å². The average molecular weight is 219 g/mol. The first-order valence-electron chi connectivity index (χ1n) is 4.62. The molecule has 1 heterocycles. The minimum absolute atomic E-state index is 0.117. The molecular weight excluding hydrogens is 210 g/mol. The summed E-state index contributed by atoms with van der Waals surface area (Å²) in [6.07, 6.45) is 1.54. The van der Waals surface area contributed by atoms with Gasteiger partial charge in [0.25, 0.3) is 0 Å². The van der Waals surface area contributed by atoms with Crippen molar-refractivity contribution in [2.45, 2.75) is 0 Å². The predicted octanol–water partition coefficient (Wildman–Crippen LogP) is 0.900. The smallest absolute Gasteiger partial charge is 0.342 e. The molecule has 6 nitrogen and oxygen atoms in total. The molecule has 0 radical (unpaired) electrons. The van der Waals surface area contributed by atoms with Crippen LogP contribution in [0, 0.1) is 0 Å². The van der Waals surface area contributed by atoms with Crippen LogP contribution >= 0.6 is 0 Å². The summed E-state index contributed by atoms with van der Waals surface area (Å²) in [5, 5.41) is 16.4. The number of urea groups is 1. The summed E-state index contributed by atoms with van der Waals surface area (Å²) >= 11 is 0. The lowest BCUT2D eigenvalue weighted by Gasteiger charge is -2.20. The van der Waals surface area contributed by atoms with E-state index in [1.54, 1.807) is 12.1 Å². The lowest BCUT2D eigenvalue weighted by molar-refractivity contribution is 0.0697. The van der Waals surface area contributed by atoms with Gasteiger partial charge in [-0.2, -0.15) is 10.1 Å². The molecule has 1 aliphatic rings. The van der Waals surface area contributed by atoms with E-state index in [2.05, 4.69) is 10.4 Å². The number of nitrogens with one attached hydrogen (secondary N) is 1. The zero-order chi connectivity index (χ0) is 11.5. The Morgan fingerprint density at radius 3 is 3.00 bits per heavy atom. The van der Waals surface area contributed by atoms with E-state index in [4.69, 9.17) is 5.11 Å². The molecule has 0 atom stereocenters. The first kappa shape index (κ1) is 10.2. The highest BCUT2D eigenvalue weighted by molar-refractivity contribution is 5.97. The van der Waals surface area contributed by atoms with Gasteiger partial charge < -0.3 is 10.4 Å². The summed E-state index contributed by atoms with van der Waals surface area (Å²) in [5.74, 6) is -1.04. The second-order valence-electron chi connectivity index (χ2n) is 3.15. The summed E-state index contributed by atoms with van der Waals surface area (Å²) < 4.78 is 0. The van der Waals surface area contributed by atoms with Crippen molar-refractivity contribution in [3.05, 3.63) is 29.8 Å². The van der Waals surface area contributed by atoms with Gasteiger partial charge in [0, 0.05) is 6.21 Å². The summed E-state index contributed by atoms with van der Waals surface area (Å²) in [6.45, 7) is 0.383. The fourth-order valence-electron chi connectivity index (χ4n) is 1.34. The number of anilines is 1. The van der Waals surface area contributed by atoms with Crippen LogP contribution in [0.1, 0.15) is 10.4 Å². The Morgan fingerprint density at radius 1 is 1.50 bits per heavy atom. The molecule has 82 valence electrons. The standard InChI is InChI=1S/C10H9N3O3/c14-9(15)7-2-1-3-8(6-7)13-10(16)11-4-5-12-13/h1-3,5-6H,4H2,(H,11,16)(H,14,15). The van der Waals surface area contributed by atoms with Gasteiger partial charge in [0.2, 0.25) is 0 Å². The molecule has 1 aromatic rings. The van der Waals surface area contributed by atoms with Gasteiger partial charge in [-0.3, -0.25) is 0 Å². The van der Waals surface area contributed by atoms with Crippen LogP contribution in [-0.4, -0.2) is 29.9 Å². The van der Waals surface area contributed by atoms with Crippen LogP contribution in [0.5, 0.6) is 0 Å². The third-order valence-corrected chi connectivity index (χ3v) is 2.07. The van der Waals surface area contributed by atoms with Crippen molar-refractivity contribution in [3.8, 4) is 0 Å². The van der Waals surface area contributed by atoms with Crippen molar-refractivity contribution in [1.29, 1.82) is 0 Å². The molecule has 0 bridgehead atoms. The van der Waals surface area contributed by atoms with Crippen molar-refractivity contribution in [2.75, 3.05) is 11.6 Å². The van der Waals surface area contributed by atoms with E-state index in [1.165, 1.54) is 18.3 Å². The van der Waals surface area contributed by atoms with Crippen LogP contribution < -0.4 is 10.3 Å². The van der Waals surface area contributed by atoms with Crippen LogP contribution in [0.3, 0.4) is 0 Å². The Kier molecular flexibility index (Phi) is 2.55. The maximum atomic E-state index is 11.4. The lowest BCUT2D eigenvalue weighted by atomic mass is 10.2. The maximum Gasteiger partial charge on any atom is 0.342 e. The molecule has 2 N–H and O–H groups in total. The minimum Gasteiger partial charge on any atom is -0.478 e. The summed E-state index contributed by atoms with van der Waals surface area (Å²) in [5.41, 5.74) is 0.541. The second-order valence-corrected chi connectivity index (χ2v) is 3.15. The number of carboxylic acid groups (broad SMARTS) is 1. The van der Waals surface area contributed by atoms with Crippen LogP contribution in [0.25, 0.3) is 0 Å². The van der Waals surface area contributed by atoms with Gasteiger partial charge in [-0.25, -0.2) is 9.59 Å².